The molecule has 17 nitrogen and oxygen atoms in total. The molecule has 0 fully saturated rings. The number of phosphoric ester groups is 2. The first-order chi connectivity index (χ1) is 51.7. The Morgan fingerprint density at radius 2 is 0.377 bits per heavy atom. The van der Waals surface area contributed by atoms with Crippen molar-refractivity contribution in [3.8, 4) is 0 Å². The number of aliphatic hydroxyl groups is 1. The molecule has 2 unspecified atom stereocenters. The summed E-state index contributed by atoms with van der Waals surface area (Å²) in [6.07, 6.45) is 76.3. The smallest absolute Gasteiger partial charge is 0.462 e. The van der Waals surface area contributed by atoms with Gasteiger partial charge in [0.2, 0.25) is 0 Å². The van der Waals surface area contributed by atoms with Crippen molar-refractivity contribution in [2.75, 3.05) is 39.6 Å². The minimum absolute atomic E-state index is 0.110. The number of unbranched alkanes of at least 4 members (excludes halogenated alkanes) is 62. The second kappa shape index (κ2) is 81.1. The summed E-state index contributed by atoms with van der Waals surface area (Å²) < 4.78 is 69.0. The Kier molecular flexibility index (Phi) is 79.6. The summed E-state index contributed by atoms with van der Waals surface area (Å²) in [4.78, 5) is 73.3. The van der Waals surface area contributed by atoms with Crippen LogP contribution in [0.5, 0.6) is 0 Å². The average molecular weight is 1550 g/mol. The monoisotopic (exact) mass is 1550 g/mol. The van der Waals surface area contributed by atoms with Gasteiger partial charge in [-0.2, -0.15) is 0 Å². The maximum atomic E-state index is 13.2. The molecule has 630 valence electrons. The first-order valence-corrected chi connectivity index (χ1v) is 48.3. The van der Waals surface area contributed by atoms with Crippen molar-refractivity contribution in [2.24, 2.45) is 0 Å². The molecule has 0 aliphatic heterocycles. The molecule has 106 heavy (non-hydrogen) atoms. The van der Waals surface area contributed by atoms with Gasteiger partial charge >= 0.3 is 39.5 Å². The predicted molar refractivity (Wildman–Crippen MR) is 437 cm³/mol. The number of hydrogen-bond donors (Lipinski definition) is 3. The third-order valence-electron chi connectivity index (χ3n) is 20.6. The van der Waals surface area contributed by atoms with Gasteiger partial charge in [0, 0.05) is 25.7 Å². The zero-order valence-corrected chi connectivity index (χ0v) is 71.2. The molecule has 0 bridgehead atoms. The van der Waals surface area contributed by atoms with Crippen molar-refractivity contribution in [2.45, 2.75) is 495 Å². The zero-order valence-electron chi connectivity index (χ0n) is 69.4. The Hall–Kier alpha value is -1.94. The lowest BCUT2D eigenvalue weighted by Gasteiger charge is -2.21. The summed E-state index contributed by atoms with van der Waals surface area (Å²) >= 11 is 0. The van der Waals surface area contributed by atoms with Crippen molar-refractivity contribution in [1.82, 2.24) is 0 Å². The van der Waals surface area contributed by atoms with Crippen molar-refractivity contribution < 1.29 is 80.2 Å². The van der Waals surface area contributed by atoms with E-state index in [1.807, 2.05) is 0 Å². The molecule has 0 radical (unpaired) electrons. The number of hydrogen-bond acceptors (Lipinski definition) is 15. The zero-order chi connectivity index (χ0) is 77.4. The normalized spacial score (nSPS) is 13.7. The predicted octanol–water partition coefficient (Wildman–Crippen LogP) is 26.9. The number of carbonyl (C=O) groups is 4. The Labute approximate surface area is 651 Å². The molecule has 0 saturated carbocycles. The number of carbonyl (C=O) groups excluding carboxylic acids is 4. The highest BCUT2D eigenvalue weighted by Gasteiger charge is 2.30. The van der Waals surface area contributed by atoms with Gasteiger partial charge in [0.1, 0.15) is 19.3 Å². The van der Waals surface area contributed by atoms with Crippen LogP contribution in [0.15, 0.2) is 0 Å². The molecule has 0 spiro atoms. The van der Waals surface area contributed by atoms with Crippen LogP contribution in [0, 0.1) is 0 Å². The fourth-order valence-corrected chi connectivity index (χ4v) is 15.3. The molecule has 0 heterocycles. The molecule has 0 saturated heterocycles. The quantitative estimate of drug-likeness (QED) is 0.0222. The fourth-order valence-electron chi connectivity index (χ4n) is 13.7. The lowest BCUT2D eigenvalue weighted by molar-refractivity contribution is -0.161. The third kappa shape index (κ3) is 80.1. The number of esters is 4. The number of phosphoric acid groups is 2. The molecular weight excluding hydrogens is 1380 g/mol. The van der Waals surface area contributed by atoms with E-state index in [4.69, 9.17) is 37.0 Å². The lowest BCUT2D eigenvalue weighted by atomic mass is 10.0. The topological polar surface area (TPSA) is 237 Å². The van der Waals surface area contributed by atoms with E-state index in [1.165, 1.54) is 308 Å². The molecule has 0 aromatic heterocycles. The van der Waals surface area contributed by atoms with Crippen molar-refractivity contribution in [1.29, 1.82) is 0 Å². The lowest BCUT2D eigenvalue weighted by Crippen LogP contribution is -2.30. The molecule has 0 aromatic rings. The van der Waals surface area contributed by atoms with Crippen LogP contribution in [0.1, 0.15) is 477 Å². The Morgan fingerprint density at radius 1 is 0.226 bits per heavy atom. The van der Waals surface area contributed by atoms with Crippen molar-refractivity contribution >= 4 is 39.5 Å². The van der Waals surface area contributed by atoms with Crippen LogP contribution >= 0.6 is 15.6 Å². The maximum absolute atomic E-state index is 13.2. The van der Waals surface area contributed by atoms with Gasteiger partial charge in [0.15, 0.2) is 12.2 Å². The Balaban J connectivity index is 5.25. The summed E-state index contributed by atoms with van der Waals surface area (Å²) in [7, 11) is -9.93. The van der Waals surface area contributed by atoms with Crippen LogP contribution in [0.2, 0.25) is 0 Å². The average Bonchev–Trinajstić information content (AvgIpc) is 0.910. The molecule has 0 aliphatic rings. The fraction of sp³-hybridized carbons (Fsp3) is 0.954. The molecule has 0 aliphatic carbocycles. The first kappa shape index (κ1) is 104. The van der Waals surface area contributed by atoms with Crippen LogP contribution in [0.4, 0.5) is 0 Å². The molecule has 0 aromatic carbocycles. The highest BCUT2D eigenvalue weighted by atomic mass is 31.2. The number of aliphatic hydroxyl groups excluding tert-OH is 1. The van der Waals surface area contributed by atoms with Crippen LogP contribution in [0.25, 0.3) is 0 Å². The van der Waals surface area contributed by atoms with E-state index in [0.29, 0.717) is 25.7 Å². The van der Waals surface area contributed by atoms with Crippen LogP contribution in [0.3, 0.4) is 0 Å². The van der Waals surface area contributed by atoms with E-state index in [-0.39, 0.29) is 25.7 Å². The highest BCUT2D eigenvalue weighted by Crippen LogP contribution is 2.45. The van der Waals surface area contributed by atoms with Gasteiger partial charge in [-0.1, -0.05) is 426 Å². The second-order valence-electron chi connectivity index (χ2n) is 31.3. The highest BCUT2D eigenvalue weighted by molar-refractivity contribution is 7.47. The molecule has 3 N–H and O–H groups in total. The minimum Gasteiger partial charge on any atom is -0.462 e. The maximum Gasteiger partial charge on any atom is 0.472 e. The van der Waals surface area contributed by atoms with Gasteiger partial charge in [-0.3, -0.25) is 37.3 Å². The summed E-state index contributed by atoms with van der Waals surface area (Å²) in [6, 6.07) is 0. The van der Waals surface area contributed by atoms with Gasteiger partial charge in [-0.05, 0) is 25.7 Å². The molecule has 0 amide bonds. The van der Waals surface area contributed by atoms with Gasteiger partial charge < -0.3 is 33.8 Å². The van der Waals surface area contributed by atoms with Crippen LogP contribution in [-0.2, 0) is 65.4 Å². The molecule has 5 atom stereocenters. The Bertz CT molecular complexity index is 2000. The van der Waals surface area contributed by atoms with E-state index in [9.17, 15) is 43.2 Å². The minimum atomic E-state index is -4.97. The summed E-state index contributed by atoms with van der Waals surface area (Å²) in [5.41, 5.74) is 0. The first-order valence-electron chi connectivity index (χ1n) is 45.3. The van der Waals surface area contributed by atoms with Gasteiger partial charge in [0.25, 0.3) is 0 Å². The van der Waals surface area contributed by atoms with E-state index < -0.39 is 97.5 Å². The van der Waals surface area contributed by atoms with E-state index in [1.54, 1.807) is 0 Å². The van der Waals surface area contributed by atoms with Crippen LogP contribution < -0.4 is 0 Å². The largest absolute Gasteiger partial charge is 0.472 e. The van der Waals surface area contributed by atoms with E-state index in [2.05, 4.69) is 27.7 Å². The summed E-state index contributed by atoms with van der Waals surface area (Å²) in [5.74, 6) is -2.09. The number of ether oxygens (including phenoxy) is 4. The van der Waals surface area contributed by atoms with E-state index >= 15 is 0 Å². The summed E-state index contributed by atoms with van der Waals surface area (Å²) in [6.45, 7) is 5.07. The Morgan fingerprint density at radius 3 is 0.557 bits per heavy atom. The van der Waals surface area contributed by atoms with Crippen molar-refractivity contribution in [3.05, 3.63) is 0 Å². The van der Waals surface area contributed by atoms with Gasteiger partial charge in [-0.15, -0.1) is 0 Å². The molecule has 19 heteroatoms. The van der Waals surface area contributed by atoms with Gasteiger partial charge in [-0.25, -0.2) is 9.13 Å². The molecule has 0 rings (SSSR count). The van der Waals surface area contributed by atoms with E-state index in [0.717, 1.165) is 89.9 Å². The summed E-state index contributed by atoms with van der Waals surface area (Å²) in [5, 5.41) is 10.7. The standard InChI is InChI=1S/C87H170O17P2/c1-5-9-13-17-21-25-29-33-36-39-42-45-48-52-56-60-64-68-72-85(90)98-78-83(104-87(92)74-70-66-62-58-54-50-47-44-41-38-35-31-27-23-19-15-11-7-3)80-102-106(95,96)100-76-81(88)75-99-105(93,94)101-79-82(77-97-84(89)71-67-63-59-55-51-32-28-24-20-16-12-8-4)103-86(91)73-69-65-61-57-53-49-46-43-40-37-34-30-26-22-18-14-10-6-2/h81-83,88H,5-80H2,1-4H3,(H,93,94)(H,95,96)/t81-,82+,83+/m0/s1. The third-order valence-corrected chi connectivity index (χ3v) is 22.5. The second-order valence-corrected chi connectivity index (χ2v) is 34.2. The molecular formula is C87H170O17P2. The number of rotatable bonds is 88. The van der Waals surface area contributed by atoms with Crippen LogP contribution in [-0.4, -0.2) is 96.7 Å². The SMILES string of the molecule is CCCCCCCCCCCCCCCCCCCCC(=O)OC[C@H](COP(=O)(O)OC[C@@H](O)COP(=O)(O)OC[C@@H](COC(=O)CCCCCCCCCCCCCC)OC(=O)CCCCCCCCCCCCCCCCCCCC)OC(=O)CCCCCCCCCCCCCCCCCCCC. The van der Waals surface area contributed by atoms with Crippen molar-refractivity contribution in [3.63, 3.8) is 0 Å². The van der Waals surface area contributed by atoms with Gasteiger partial charge in [0.05, 0.1) is 26.4 Å².